The van der Waals surface area contributed by atoms with Crippen LogP contribution in [0.25, 0.3) is 5.76 Å². The Hall–Kier alpha value is -4.13. The molecule has 1 heterocycles. The van der Waals surface area contributed by atoms with Gasteiger partial charge in [-0.2, -0.15) is 0 Å². The summed E-state index contributed by atoms with van der Waals surface area (Å²) in [5.74, 6) is -1.32. The molecule has 0 bridgehead atoms. The molecular formula is C28H26FNO5. The van der Waals surface area contributed by atoms with Crippen LogP contribution in [0.15, 0.2) is 72.3 Å². The summed E-state index contributed by atoms with van der Waals surface area (Å²) < 4.78 is 25.0. The van der Waals surface area contributed by atoms with Gasteiger partial charge in [0.2, 0.25) is 0 Å². The van der Waals surface area contributed by atoms with E-state index in [1.807, 2.05) is 20.8 Å². The molecule has 0 spiro atoms. The average molecular weight is 476 g/mol. The number of aliphatic hydroxyl groups is 1. The van der Waals surface area contributed by atoms with Crippen LogP contribution < -0.4 is 14.4 Å². The van der Waals surface area contributed by atoms with Crippen LogP contribution in [0.3, 0.4) is 0 Å². The quantitative estimate of drug-likeness (QED) is 0.287. The van der Waals surface area contributed by atoms with Crippen molar-refractivity contribution in [3.63, 3.8) is 0 Å². The molecule has 1 aliphatic rings. The van der Waals surface area contributed by atoms with Gasteiger partial charge in [-0.25, -0.2) is 4.39 Å². The molecule has 0 saturated carbocycles. The largest absolute Gasteiger partial charge is 0.507 e. The Morgan fingerprint density at radius 2 is 1.74 bits per heavy atom. The Balaban J connectivity index is 1.89. The van der Waals surface area contributed by atoms with Crippen LogP contribution in [0.1, 0.15) is 36.6 Å². The number of aliphatic hydroxyl groups excluding tert-OH is 1. The lowest BCUT2D eigenvalue weighted by molar-refractivity contribution is -0.132. The summed E-state index contributed by atoms with van der Waals surface area (Å²) in [5.41, 5.74) is 1.83. The molecule has 4 rings (SSSR count). The number of benzene rings is 3. The highest BCUT2D eigenvalue weighted by Gasteiger charge is 2.47. The second-order valence-electron chi connectivity index (χ2n) is 8.57. The van der Waals surface area contributed by atoms with E-state index in [4.69, 9.17) is 9.47 Å². The SMILES string of the molecule is COc1ccc(C2/C(=C(/O)c3ccc(OC(C)C)c(C)c3)C(=O)C(=O)N2c2cccc(F)c2)cc1. The lowest BCUT2D eigenvalue weighted by Gasteiger charge is -2.25. The van der Waals surface area contributed by atoms with Gasteiger partial charge in [-0.1, -0.05) is 18.2 Å². The van der Waals surface area contributed by atoms with Crippen molar-refractivity contribution in [1.29, 1.82) is 0 Å². The van der Waals surface area contributed by atoms with Crippen LogP contribution in [-0.4, -0.2) is 30.0 Å². The monoisotopic (exact) mass is 475 g/mol. The summed E-state index contributed by atoms with van der Waals surface area (Å²) in [4.78, 5) is 27.6. The molecule has 180 valence electrons. The number of ether oxygens (including phenoxy) is 2. The Morgan fingerprint density at radius 1 is 1.03 bits per heavy atom. The Morgan fingerprint density at radius 3 is 2.34 bits per heavy atom. The number of hydrogen-bond donors (Lipinski definition) is 1. The zero-order valence-corrected chi connectivity index (χ0v) is 19.9. The minimum Gasteiger partial charge on any atom is -0.507 e. The van der Waals surface area contributed by atoms with Gasteiger partial charge in [-0.15, -0.1) is 0 Å². The van der Waals surface area contributed by atoms with E-state index in [1.165, 1.54) is 30.2 Å². The van der Waals surface area contributed by atoms with Crippen LogP contribution in [0.4, 0.5) is 10.1 Å². The highest BCUT2D eigenvalue weighted by Crippen LogP contribution is 2.43. The van der Waals surface area contributed by atoms with Crippen molar-refractivity contribution in [1.82, 2.24) is 0 Å². The number of methoxy groups -OCH3 is 1. The van der Waals surface area contributed by atoms with Crippen molar-refractivity contribution in [2.75, 3.05) is 12.0 Å². The third-order valence-corrected chi connectivity index (χ3v) is 5.77. The summed E-state index contributed by atoms with van der Waals surface area (Å²) in [6.45, 7) is 5.66. The number of hydrogen-bond acceptors (Lipinski definition) is 5. The molecule has 1 N–H and O–H groups in total. The minimum absolute atomic E-state index is 0.0280. The molecule has 1 amide bonds. The van der Waals surface area contributed by atoms with Gasteiger partial charge in [0.05, 0.1) is 24.8 Å². The van der Waals surface area contributed by atoms with E-state index in [0.717, 1.165) is 5.56 Å². The standard InChI is InChI=1S/C28H26FNO5/c1-16(2)35-23-13-10-19(14-17(23)3)26(31)24-25(18-8-11-22(34-4)12-9-18)30(28(33)27(24)32)21-7-5-6-20(29)15-21/h5-16,25,31H,1-4H3/b26-24-. The molecule has 1 atom stereocenters. The number of Topliss-reactive ketones (excluding diaryl/α,β-unsaturated/α-hetero) is 1. The number of amides is 1. The molecule has 7 heteroatoms. The van der Waals surface area contributed by atoms with Crippen LogP contribution >= 0.6 is 0 Å². The molecular weight excluding hydrogens is 449 g/mol. The fourth-order valence-electron chi connectivity index (χ4n) is 4.16. The van der Waals surface area contributed by atoms with Crippen molar-refractivity contribution >= 4 is 23.1 Å². The first-order valence-corrected chi connectivity index (χ1v) is 11.2. The second-order valence-corrected chi connectivity index (χ2v) is 8.57. The van der Waals surface area contributed by atoms with Crippen LogP contribution in [0.5, 0.6) is 11.5 Å². The maximum absolute atomic E-state index is 14.1. The molecule has 1 unspecified atom stereocenters. The van der Waals surface area contributed by atoms with Gasteiger partial charge in [0.25, 0.3) is 11.7 Å². The van der Waals surface area contributed by atoms with Gasteiger partial charge >= 0.3 is 0 Å². The number of anilines is 1. The topological polar surface area (TPSA) is 76.1 Å². The Labute approximate surface area is 203 Å². The first kappa shape index (κ1) is 24.0. The average Bonchev–Trinajstić information content (AvgIpc) is 3.10. The molecule has 1 aliphatic heterocycles. The van der Waals surface area contributed by atoms with E-state index in [9.17, 15) is 19.1 Å². The fraction of sp³-hybridized carbons (Fsp3) is 0.214. The van der Waals surface area contributed by atoms with Crippen molar-refractivity contribution in [2.45, 2.75) is 32.9 Å². The van der Waals surface area contributed by atoms with Gasteiger partial charge in [0.15, 0.2) is 0 Å². The highest BCUT2D eigenvalue weighted by molar-refractivity contribution is 6.51. The van der Waals surface area contributed by atoms with E-state index in [1.54, 1.807) is 48.5 Å². The zero-order chi connectivity index (χ0) is 25.3. The van der Waals surface area contributed by atoms with Gasteiger partial charge in [0.1, 0.15) is 23.1 Å². The van der Waals surface area contributed by atoms with Crippen molar-refractivity contribution < 1.29 is 28.6 Å². The molecule has 3 aromatic rings. The van der Waals surface area contributed by atoms with Crippen LogP contribution in [0, 0.1) is 12.7 Å². The van der Waals surface area contributed by atoms with E-state index < -0.39 is 23.5 Å². The van der Waals surface area contributed by atoms with Crippen LogP contribution in [-0.2, 0) is 9.59 Å². The Bertz CT molecular complexity index is 1310. The zero-order valence-electron chi connectivity index (χ0n) is 19.9. The molecule has 1 saturated heterocycles. The number of halogens is 1. The number of carbonyl (C=O) groups excluding carboxylic acids is 2. The summed E-state index contributed by atoms with van der Waals surface area (Å²) >= 11 is 0. The normalized spacial score (nSPS) is 17.2. The van der Waals surface area contributed by atoms with E-state index in [2.05, 4.69) is 0 Å². The summed E-state index contributed by atoms with van der Waals surface area (Å²) in [7, 11) is 1.53. The summed E-state index contributed by atoms with van der Waals surface area (Å²) in [5, 5.41) is 11.3. The van der Waals surface area contributed by atoms with Crippen molar-refractivity contribution in [3.05, 3.63) is 94.8 Å². The van der Waals surface area contributed by atoms with Crippen molar-refractivity contribution in [3.8, 4) is 11.5 Å². The Kier molecular flexibility index (Phi) is 6.60. The number of carbonyl (C=O) groups is 2. The first-order valence-electron chi connectivity index (χ1n) is 11.2. The van der Waals surface area contributed by atoms with E-state index >= 15 is 0 Å². The minimum atomic E-state index is -0.963. The predicted molar refractivity (Wildman–Crippen MR) is 131 cm³/mol. The van der Waals surface area contributed by atoms with E-state index in [-0.39, 0.29) is 23.1 Å². The molecule has 6 nitrogen and oxygen atoms in total. The maximum atomic E-state index is 14.1. The summed E-state index contributed by atoms with van der Waals surface area (Å²) in [6, 6.07) is 16.4. The molecule has 0 radical (unpaired) electrons. The molecule has 1 fully saturated rings. The fourth-order valence-corrected chi connectivity index (χ4v) is 4.16. The lowest BCUT2D eigenvalue weighted by atomic mass is 9.94. The smallest absolute Gasteiger partial charge is 0.300 e. The van der Waals surface area contributed by atoms with Gasteiger partial charge in [-0.05, 0) is 80.4 Å². The molecule has 35 heavy (non-hydrogen) atoms. The third-order valence-electron chi connectivity index (χ3n) is 5.77. The highest BCUT2D eigenvalue weighted by atomic mass is 19.1. The van der Waals surface area contributed by atoms with Gasteiger partial charge in [-0.3, -0.25) is 14.5 Å². The second kappa shape index (κ2) is 9.62. The third kappa shape index (κ3) is 4.62. The number of aryl methyl sites for hydroxylation is 1. The van der Waals surface area contributed by atoms with Crippen LogP contribution in [0.2, 0.25) is 0 Å². The number of ketones is 1. The predicted octanol–water partition coefficient (Wildman–Crippen LogP) is 5.56. The van der Waals surface area contributed by atoms with Crippen molar-refractivity contribution in [2.24, 2.45) is 0 Å². The first-order chi connectivity index (χ1) is 16.7. The number of rotatable bonds is 6. The summed E-state index contributed by atoms with van der Waals surface area (Å²) in [6.07, 6.45) is -0.0280. The van der Waals surface area contributed by atoms with E-state index in [0.29, 0.717) is 22.6 Å². The molecule has 3 aromatic carbocycles. The lowest BCUT2D eigenvalue weighted by Crippen LogP contribution is -2.29. The van der Waals surface area contributed by atoms with Gasteiger partial charge in [0, 0.05) is 11.3 Å². The maximum Gasteiger partial charge on any atom is 0.300 e. The van der Waals surface area contributed by atoms with Gasteiger partial charge < -0.3 is 14.6 Å². The molecule has 0 aromatic heterocycles. The molecule has 0 aliphatic carbocycles. The number of nitrogens with zero attached hydrogens (tertiary/aromatic N) is 1.